The first kappa shape index (κ1) is 27.2. The SMILES string of the molecule is CCOC(=O)C1=C(C)NC2=C(C(=O)CC(C)(C)C2)C1c1ccc(NC(=S)Nc2cc(Cl)ccc2Cl)cc1. The molecule has 0 amide bonds. The Morgan fingerprint density at radius 2 is 1.84 bits per heavy atom. The van der Waals surface area contributed by atoms with Crippen LogP contribution in [0.5, 0.6) is 0 Å². The molecular weight excluding hydrogens is 529 g/mol. The molecular formula is C28H29Cl2N3O3S. The summed E-state index contributed by atoms with van der Waals surface area (Å²) in [6.07, 6.45) is 1.15. The molecule has 2 aliphatic rings. The van der Waals surface area contributed by atoms with Crippen LogP contribution in [0.4, 0.5) is 11.4 Å². The summed E-state index contributed by atoms with van der Waals surface area (Å²) in [6.45, 7) is 8.04. The summed E-state index contributed by atoms with van der Waals surface area (Å²) < 4.78 is 5.38. The van der Waals surface area contributed by atoms with Crippen LogP contribution in [-0.4, -0.2) is 23.5 Å². The van der Waals surface area contributed by atoms with Gasteiger partial charge in [0.15, 0.2) is 10.9 Å². The second-order valence-electron chi connectivity index (χ2n) is 9.98. The number of hydrogen-bond donors (Lipinski definition) is 3. The minimum absolute atomic E-state index is 0.0454. The lowest BCUT2D eigenvalue weighted by molar-refractivity contribution is -0.138. The van der Waals surface area contributed by atoms with Crippen LogP contribution < -0.4 is 16.0 Å². The largest absolute Gasteiger partial charge is 0.463 e. The lowest BCUT2D eigenvalue weighted by Crippen LogP contribution is -2.38. The van der Waals surface area contributed by atoms with Crippen LogP contribution in [0.3, 0.4) is 0 Å². The molecule has 0 bridgehead atoms. The van der Waals surface area contributed by atoms with Gasteiger partial charge in [-0.3, -0.25) is 4.79 Å². The molecule has 1 unspecified atom stereocenters. The summed E-state index contributed by atoms with van der Waals surface area (Å²) >= 11 is 17.7. The number of carbonyl (C=O) groups excluding carboxylic acids is 2. The van der Waals surface area contributed by atoms with Crippen LogP contribution in [0.15, 0.2) is 65.0 Å². The number of thiocarbonyl (C=S) groups is 1. The highest BCUT2D eigenvalue weighted by Gasteiger charge is 2.43. The van der Waals surface area contributed by atoms with Crippen molar-refractivity contribution in [3.8, 4) is 0 Å². The third kappa shape index (κ3) is 6.00. The van der Waals surface area contributed by atoms with Crippen LogP contribution in [0.1, 0.15) is 52.0 Å². The summed E-state index contributed by atoms with van der Waals surface area (Å²) in [5, 5.41) is 10.9. The first-order valence-corrected chi connectivity index (χ1v) is 13.2. The predicted octanol–water partition coefficient (Wildman–Crippen LogP) is 6.97. The van der Waals surface area contributed by atoms with Crippen molar-refractivity contribution < 1.29 is 14.3 Å². The van der Waals surface area contributed by atoms with Crippen molar-refractivity contribution >= 4 is 63.7 Å². The summed E-state index contributed by atoms with van der Waals surface area (Å²) in [6, 6.07) is 12.6. The molecule has 2 aromatic carbocycles. The van der Waals surface area contributed by atoms with E-state index < -0.39 is 11.9 Å². The zero-order chi connectivity index (χ0) is 26.9. The van der Waals surface area contributed by atoms with Crippen molar-refractivity contribution in [2.75, 3.05) is 17.2 Å². The Kier molecular flexibility index (Phi) is 7.97. The second-order valence-corrected chi connectivity index (χ2v) is 11.2. The number of allylic oxidation sites excluding steroid dienone is 3. The normalized spacial score (nSPS) is 18.6. The van der Waals surface area contributed by atoms with Gasteiger partial charge in [-0.05, 0) is 73.8 Å². The number of hydrogen-bond acceptors (Lipinski definition) is 5. The van der Waals surface area contributed by atoms with Crippen LogP contribution in [0, 0.1) is 5.41 Å². The van der Waals surface area contributed by atoms with Crippen molar-refractivity contribution in [1.29, 1.82) is 0 Å². The maximum Gasteiger partial charge on any atom is 0.336 e. The van der Waals surface area contributed by atoms with E-state index in [-0.39, 0.29) is 17.8 Å². The average Bonchev–Trinajstić information content (AvgIpc) is 2.80. The van der Waals surface area contributed by atoms with E-state index in [0.717, 1.165) is 23.4 Å². The lowest BCUT2D eigenvalue weighted by Gasteiger charge is -2.39. The van der Waals surface area contributed by atoms with Crippen LogP contribution in [-0.2, 0) is 14.3 Å². The summed E-state index contributed by atoms with van der Waals surface area (Å²) in [5.41, 5.74) is 4.68. The van der Waals surface area contributed by atoms with Crippen LogP contribution in [0.2, 0.25) is 10.0 Å². The van der Waals surface area contributed by atoms with Crippen molar-refractivity contribution in [2.45, 2.75) is 46.5 Å². The molecule has 194 valence electrons. The van der Waals surface area contributed by atoms with E-state index in [1.807, 2.05) is 31.2 Å². The number of benzene rings is 2. The maximum absolute atomic E-state index is 13.4. The Hall–Kier alpha value is -2.87. The van der Waals surface area contributed by atoms with Crippen molar-refractivity contribution in [3.63, 3.8) is 0 Å². The number of esters is 1. The first-order valence-electron chi connectivity index (χ1n) is 12.0. The first-order chi connectivity index (χ1) is 17.5. The molecule has 4 rings (SSSR count). The van der Waals surface area contributed by atoms with E-state index >= 15 is 0 Å². The molecule has 1 atom stereocenters. The van der Waals surface area contributed by atoms with Crippen molar-refractivity contribution in [1.82, 2.24) is 5.32 Å². The zero-order valence-electron chi connectivity index (χ0n) is 21.1. The van der Waals surface area contributed by atoms with E-state index in [4.69, 9.17) is 40.2 Å². The predicted molar refractivity (Wildman–Crippen MR) is 153 cm³/mol. The molecule has 1 heterocycles. The highest BCUT2D eigenvalue weighted by atomic mass is 35.5. The fourth-order valence-electron chi connectivity index (χ4n) is 4.89. The van der Waals surface area contributed by atoms with Gasteiger partial charge in [-0.15, -0.1) is 0 Å². The number of anilines is 2. The van der Waals surface area contributed by atoms with E-state index in [0.29, 0.717) is 44.1 Å². The Morgan fingerprint density at radius 3 is 2.51 bits per heavy atom. The van der Waals surface area contributed by atoms with Crippen molar-refractivity contribution in [2.24, 2.45) is 5.41 Å². The smallest absolute Gasteiger partial charge is 0.336 e. The number of nitrogens with one attached hydrogen (secondary N) is 3. The molecule has 6 nitrogen and oxygen atoms in total. The number of Topliss-reactive ketones (excluding diaryl/α,β-unsaturated/α-hetero) is 1. The molecule has 0 saturated heterocycles. The van der Waals surface area contributed by atoms with Gasteiger partial charge in [-0.2, -0.15) is 0 Å². The van der Waals surface area contributed by atoms with E-state index in [2.05, 4.69) is 29.8 Å². The molecule has 1 aliphatic carbocycles. The van der Waals surface area contributed by atoms with Gasteiger partial charge in [0.2, 0.25) is 0 Å². The lowest BCUT2D eigenvalue weighted by atomic mass is 9.68. The Labute approximate surface area is 232 Å². The number of rotatable bonds is 5. The quantitative estimate of drug-likeness (QED) is 0.270. The minimum Gasteiger partial charge on any atom is -0.463 e. The van der Waals surface area contributed by atoms with Gasteiger partial charge < -0.3 is 20.7 Å². The van der Waals surface area contributed by atoms with Gasteiger partial charge in [0, 0.05) is 40.0 Å². The molecule has 2 aromatic rings. The van der Waals surface area contributed by atoms with Crippen molar-refractivity contribution in [3.05, 3.63) is 80.6 Å². The van der Waals surface area contributed by atoms with Gasteiger partial charge in [-0.1, -0.05) is 49.2 Å². The molecule has 0 aromatic heterocycles. The second kappa shape index (κ2) is 10.9. The highest BCUT2D eigenvalue weighted by molar-refractivity contribution is 7.80. The molecule has 3 N–H and O–H groups in total. The highest BCUT2D eigenvalue weighted by Crippen LogP contribution is 2.46. The van der Waals surface area contributed by atoms with Crippen LogP contribution >= 0.6 is 35.4 Å². The summed E-state index contributed by atoms with van der Waals surface area (Å²) in [5.74, 6) is -0.889. The third-order valence-electron chi connectivity index (χ3n) is 6.41. The number of halogens is 2. The monoisotopic (exact) mass is 557 g/mol. The van der Waals surface area contributed by atoms with Gasteiger partial charge in [0.1, 0.15) is 0 Å². The Balaban J connectivity index is 1.63. The molecule has 9 heteroatoms. The standard InChI is InChI=1S/C28H29Cl2N3O3S/c1-5-36-26(35)23-15(2)31-21-13-28(3,4)14-22(34)25(21)24(23)16-6-9-18(10-7-16)32-27(37)33-20-12-17(29)8-11-19(20)30/h6-12,24,31H,5,13-14H2,1-4H3,(H2,32,33,37). The Bertz CT molecular complexity index is 1330. The molecule has 1 aliphatic heterocycles. The van der Waals surface area contributed by atoms with Crippen LogP contribution in [0.25, 0.3) is 0 Å². The molecule has 0 fully saturated rings. The van der Waals surface area contributed by atoms with Gasteiger partial charge >= 0.3 is 5.97 Å². The minimum atomic E-state index is -0.511. The number of ketones is 1. The Morgan fingerprint density at radius 1 is 1.14 bits per heavy atom. The van der Waals surface area contributed by atoms with Gasteiger partial charge in [-0.25, -0.2) is 4.79 Å². The summed E-state index contributed by atoms with van der Waals surface area (Å²) in [4.78, 5) is 26.4. The third-order valence-corrected chi connectivity index (χ3v) is 7.18. The fraction of sp³-hybridized carbons (Fsp3) is 0.321. The van der Waals surface area contributed by atoms with E-state index in [1.165, 1.54) is 0 Å². The number of carbonyl (C=O) groups is 2. The fourth-order valence-corrected chi connectivity index (χ4v) is 5.45. The molecule has 0 spiro atoms. The van der Waals surface area contributed by atoms with E-state index in [9.17, 15) is 9.59 Å². The zero-order valence-corrected chi connectivity index (χ0v) is 23.5. The topological polar surface area (TPSA) is 79.5 Å². The molecule has 0 saturated carbocycles. The molecule has 0 radical (unpaired) electrons. The number of dihydropyridines is 1. The number of ether oxygens (including phenoxy) is 1. The summed E-state index contributed by atoms with van der Waals surface area (Å²) in [7, 11) is 0. The average molecular weight is 559 g/mol. The van der Waals surface area contributed by atoms with E-state index in [1.54, 1.807) is 25.1 Å². The molecule has 37 heavy (non-hydrogen) atoms. The maximum atomic E-state index is 13.4. The van der Waals surface area contributed by atoms with Gasteiger partial charge in [0.05, 0.1) is 22.9 Å². The van der Waals surface area contributed by atoms with Gasteiger partial charge in [0.25, 0.3) is 0 Å².